The lowest BCUT2D eigenvalue weighted by atomic mass is 9.95. The van der Waals surface area contributed by atoms with Gasteiger partial charge in [0.25, 0.3) is 0 Å². The molecule has 2 heteroatoms. The molecule has 0 fully saturated rings. The molecule has 0 aromatic carbocycles. The van der Waals surface area contributed by atoms with Gasteiger partial charge in [0.05, 0.1) is 6.26 Å². The van der Waals surface area contributed by atoms with Gasteiger partial charge in [0.2, 0.25) is 0 Å². The van der Waals surface area contributed by atoms with Gasteiger partial charge in [-0.3, -0.25) is 4.79 Å². The maximum atomic E-state index is 11.6. The zero-order valence-electron chi connectivity index (χ0n) is 9.40. The highest BCUT2D eigenvalue weighted by Gasteiger charge is 2.15. The maximum absolute atomic E-state index is 11.6. The molecule has 15 heavy (non-hydrogen) atoms. The minimum atomic E-state index is 0.0197. The van der Waals surface area contributed by atoms with E-state index in [1.165, 1.54) is 0 Å². The first kappa shape index (κ1) is 11.8. The summed E-state index contributed by atoms with van der Waals surface area (Å²) in [5, 5.41) is 0. The Morgan fingerprint density at radius 3 is 2.73 bits per heavy atom. The highest BCUT2D eigenvalue weighted by Crippen LogP contribution is 2.22. The van der Waals surface area contributed by atoms with Crippen LogP contribution in [0.15, 0.2) is 35.5 Å². The number of allylic oxidation sites excluding steroid dienone is 1. The molecule has 2 nitrogen and oxygen atoms in total. The summed E-state index contributed by atoms with van der Waals surface area (Å²) in [7, 11) is 0. The largest absolute Gasteiger partial charge is 0.469 e. The van der Waals surface area contributed by atoms with Gasteiger partial charge in [-0.2, -0.15) is 0 Å². The molecule has 0 unspecified atom stereocenters. The Morgan fingerprint density at radius 2 is 2.27 bits per heavy atom. The van der Waals surface area contributed by atoms with E-state index in [0.717, 1.165) is 5.76 Å². The van der Waals surface area contributed by atoms with E-state index in [0.29, 0.717) is 18.8 Å². The highest BCUT2D eigenvalue weighted by molar-refractivity contribution is 5.79. The third-order valence-corrected chi connectivity index (χ3v) is 2.28. The minimum absolute atomic E-state index is 0.0197. The van der Waals surface area contributed by atoms with E-state index < -0.39 is 0 Å². The summed E-state index contributed by atoms with van der Waals surface area (Å²) in [6, 6.07) is 3.72. The van der Waals surface area contributed by atoms with Crippen LogP contribution < -0.4 is 0 Å². The first-order valence-electron chi connectivity index (χ1n) is 5.31. The van der Waals surface area contributed by atoms with Gasteiger partial charge in [-0.1, -0.05) is 19.9 Å². The smallest absolute Gasteiger partial charge is 0.134 e. The normalized spacial score (nSPS) is 12.7. The van der Waals surface area contributed by atoms with Crippen molar-refractivity contribution in [3.8, 4) is 0 Å². The molecule has 0 N–H and O–H groups in total. The summed E-state index contributed by atoms with van der Waals surface area (Å²) in [4.78, 5) is 11.6. The topological polar surface area (TPSA) is 30.2 Å². The molecule has 1 atom stereocenters. The van der Waals surface area contributed by atoms with Crippen molar-refractivity contribution < 1.29 is 9.21 Å². The molecule has 1 heterocycles. The molecular weight excluding hydrogens is 188 g/mol. The van der Waals surface area contributed by atoms with Crippen LogP contribution >= 0.6 is 0 Å². The third kappa shape index (κ3) is 3.74. The van der Waals surface area contributed by atoms with Crippen molar-refractivity contribution in [1.82, 2.24) is 0 Å². The maximum Gasteiger partial charge on any atom is 0.134 e. The number of hydrogen-bond donors (Lipinski definition) is 0. The van der Waals surface area contributed by atoms with Crippen LogP contribution in [0.1, 0.15) is 38.4 Å². The first-order valence-corrected chi connectivity index (χ1v) is 5.31. The summed E-state index contributed by atoms with van der Waals surface area (Å²) >= 11 is 0. The summed E-state index contributed by atoms with van der Waals surface area (Å²) < 4.78 is 5.27. The van der Waals surface area contributed by atoms with Crippen LogP contribution in [0.3, 0.4) is 0 Å². The SMILES string of the molecule is C=C[C@@H](CC(=O)CC(C)C)c1ccco1. The van der Waals surface area contributed by atoms with Crippen molar-refractivity contribution in [2.45, 2.75) is 32.6 Å². The molecule has 0 spiro atoms. The van der Waals surface area contributed by atoms with E-state index >= 15 is 0 Å². The number of ketones is 1. The number of carbonyl (C=O) groups is 1. The van der Waals surface area contributed by atoms with Crippen LogP contribution in [0, 0.1) is 5.92 Å². The Bertz CT molecular complexity index is 309. The summed E-state index contributed by atoms with van der Waals surface area (Å²) in [6.45, 7) is 7.84. The summed E-state index contributed by atoms with van der Waals surface area (Å²) in [6.07, 6.45) is 4.52. The molecule has 1 aromatic rings. The van der Waals surface area contributed by atoms with Crippen molar-refractivity contribution >= 4 is 5.78 Å². The second-order valence-corrected chi connectivity index (χ2v) is 4.20. The molecule has 0 aliphatic carbocycles. The lowest BCUT2D eigenvalue weighted by Crippen LogP contribution is -2.07. The molecule has 0 aliphatic rings. The molecular formula is C13H18O2. The molecule has 0 saturated carbocycles. The van der Waals surface area contributed by atoms with Gasteiger partial charge in [-0.15, -0.1) is 6.58 Å². The monoisotopic (exact) mass is 206 g/mol. The van der Waals surface area contributed by atoms with Crippen molar-refractivity contribution in [1.29, 1.82) is 0 Å². The number of rotatable bonds is 6. The Labute approximate surface area is 91.0 Å². The zero-order valence-corrected chi connectivity index (χ0v) is 9.40. The van der Waals surface area contributed by atoms with Gasteiger partial charge >= 0.3 is 0 Å². The van der Waals surface area contributed by atoms with Crippen molar-refractivity contribution in [2.75, 3.05) is 0 Å². The molecule has 0 saturated heterocycles. The molecule has 0 radical (unpaired) electrons. The Hall–Kier alpha value is -1.31. The quantitative estimate of drug-likeness (QED) is 0.666. The standard InChI is InChI=1S/C13H18O2/c1-4-11(13-6-5-7-15-13)9-12(14)8-10(2)3/h4-7,10-11H,1,8-9H2,2-3H3/t11-/m0/s1. The molecule has 1 rings (SSSR count). The number of Topliss-reactive ketones (excluding diaryl/α,β-unsaturated/α-hetero) is 1. The summed E-state index contributed by atoms with van der Waals surface area (Å²) in [5.41, 5.74) is 0. The van der Waals surface area contributed by atoms with Crippen molar-refractivity contribution in [3.05, 3.63) is 36.8 Å². The van der Waals surface area contributed by atoms with Gasteiger partial charge in [-0.05, 0) is 18.1 Å². The lowest BCUT2D eigenvalue weighted by Gasteiger charge is -2.09. The number of furan rings is 1. The average Bonchev–Trinajstić information content (AvgIpc) is 2.65. The fraction of sp³-hybridized carbons (Fsp3) is 0.462. The third-order valence-electron chi connectivity index (χ3n) is 2.28. The van der Waals surface area contributed by atoms with E-state index in [-0.39, 0.29) is 11.7 Å². The fourth-order valence-electron chi connectivity index (χ4n) is 1.59. The Morgan fingerprint density at radius 1 is 1.53 bits per heavy atom. The van der Waals surface area contributed by atoms with Crippen molar-refractivity contribution in [2.24, 2.45) is 5.92 Å². The Balaban J connectivity index is 2.55. The van der Waals surface area contributed by atoms with Crippen LogP contribution in [0.4, 0.5) is 0 Å². The fourth-order valence-corrected chi connectivity index (χ4v) is 1.59. The van der Waals surface area contributed by atoms with Gasteiger partial charge < -0.3 is 4.42 Å². The molecule has 0 aliphatic heterocycles. The number of hydrogen-bond acceptors (Lipinski definition) is 2. The van der Waals surface area contributed by atoms with E-state index in [1.807, 2.05) is 26.0 Å². The second kappa shape index (κ2) is 5.54. The molecule has 1 aromatic heterocycles. The van der Waals surface area contributed by atoms with Gasteiger partial charge in [0.15, 0.2) is 0 Å². The van der Waals surface area contributed by atoms with Crippen molar-refractivity contribution in [3.63, 3.8) is 0 Å². The molecule has 82 valence electrons. The summed E-state index contributed by atoms with van der Waals surface area (Å²) in [5.74, 6) is 1.53. The first-order chi connectivity index (χ1) is 7.13. The van der Waals surface area contributed by atoms with Gasteiger partial charge in [0.1, 0.15) is 11.5 Å². The van der Waals surface area contributed by atoms with Gasteiger partial charge in [-0.25, -0.2) is 0 Å². The van der Waals surface area contributed by atoms with Gasteiger partial charge in [0, 0.05) is 18.8 Å². The zero-order chi connectivity index (χ0) is 11.3. The van der Waals surface area contributed by atoms with Crippen LogP contribution in [0.2, 0.25) is 0 Å². The second-order valence-electron chi connectivity index (χ2n) is 4.20. The van der Waals surface area contributed by atoms with E-state index in [2.05, 4.69) is 6.58 Å². The average molecular weight is 206 g/mol. The molecule has 0 bridgehead atoms. The van der Waals surface area contributed by atoms with Crippen LogP contribution in [0.25, 0.3) is 0 Å². The lowest BCUT2D eigenvalue weighted by molar-refractivity contribution is -0.120. The van der Waals surface area contributed by atoms with E-state index in [9.17, 15) is 4.79 Å². The minimum Gasteiger partial charge on any atom is -0.469 e. The Kier molecular flexibility index (Phi) is 4.35. The van der Waals surface area contributed by atoms with Crippen LogP contribution in [-0.4, -0.2) is 5.78 Å². The van der Waals surface area contributed by atoms with Crippen LogP contribution in [-0.2, 0) is 4.79 Å². The van der Waals surface area contributed by atoms with E-state index in [1.54, 1.807) is 12.3 Å². The highest BCUT2D eigenvalue weighted by atomic mass is 16.3. The van der Waals surface area contributed by atoms with E-state index in [4.69, 9.17) is 4.42 Å². The van der Waals surface area contributed by atoms with Crippen LogP contribution in [0.5, 0.6) is 0 Å². The predicted octanol–water partition coefficient (Wildman–Crippen LogP) is 3.55. The number of carbonyl (C=O) groups excluding carboxylic acids is 1. The molecule has 0 amide bonds. The predicted molar refractivity (Wildman–Crippen MR) is 60.7 cm³/mol.